The van der Waals surface area contributed by atoms with Crippen molar-refractivity contribution in [2.45, 2.75) is 55.9 Å². The van der Waals surface area contributed by atoms with Crippen molar-refractivity contribution in [3.05, 3.63) is 42.5 Å². The van der Waals surface area contributed by atoms with Crippen molar-refractivity contribution in [1.82, 2.24) is 10.0 Å². The maximum Gasteiger partial charge on any atom is 0.240 e. The van der Waals surface area contributed by atoms with E-state index in [2.05, 4.69) is 10.0 Å². The molecule has 0 aromatic heterocycles. The van der Waals surface area contributed by atoms with E-state index in [1.165, 1.54) is 19.3 Å². The maximum absolute atomic E-state index is 12.4. The molecule has 0 spiro atoms. The van der Waals surface area contributed by atoms with Gasteiger partial charge in [0.2, 0.25) is 15.9 Å². The fourth-order valence-corrected chi connectivity index (χ4v) is 4.65. The van der Waals surface area contributed by atoms with Crippen LogP contribution in [0.15, 0.2) is 47.4 Å². The van der Waals surface area contributed by atoms with Gasteiger partial charge in [-0.05, 0) is 42.2 Å². The van der Waals surface area contributed by atoms with Crippen LogP contribution in [0.2, 0.25) is 0 Å². The van der Waals surface area contributed by atoms with Crippen molar-refractivity contribution in [1.29, 1.82) is 0 Å². The zero-order valence-electron chi connectivity index (χ0n) is 16.7. The average Bonchev–Trinajstić information content (AvgIpc) is 2.74. The topological polar surface area (TPSA) is 84.5 Å². The predicted molar refractivity (Wildman–Crippen MR) is 114 cm³/mol. The largest absolute Gasteiger partial charge is 0.378 e. The van der Waals surface area contributed by atoms with Gasteiger partial charge in [-0.3, -0.25) is 4.79 Å². The number of fused-ring (bicyclic) bond motifs is 1. The first-order valence-electron chi connectivity index (χ1n) is 10.4. The van der Waals surface area contributed by atoms with E-state index in [9.17, 15) is 13.2 Å². The number of amides is 1. The van der Waals surface area contributed by atoms with Crippen LogP contribution in [-0.2, 0) is 19.6 Å². The summed E-state index contributed by atoms with van der Waals surface area (Å²) in [6.07, 6.45) is 7.34. The molecule has 3 rings (SSSR count). The summed E-state index contributed by atoms with van der Waals surface area (Å²) in [6, 6.07) is 12.6. The van der Waals surface area contributed by atoms with Gasteiger partial charge in [0.05, 0.1) is 11.0 Å². The Labute approximate surface area is 173 Å². The molecule has 1 saturated carbocycles. The third-order valence-electron chi connectivity index (χ3n) is 5.22. The molecule has 0 bridgehead atoms. The number of benzene rings is 2. The lowest BCUT2D eigenvalue weighted by Gasteiger charge is -2.21. The number of carbonyl (C=O) groups excluding carboxylic acids is 1. The van der Waals surface area contributed by atoms with Crippen LogP contribution in [0.1, 0.15) is 44.9 Å². The third kappa shape index (κ3) is 6.80. The lowest BCUT2D eigenvalue weighted by Crippen LogP contribution is -2.31. The first kappa shape index (κ1) is 21.7. The lowest BCUT2D eigenvalue weighted by molar-refractivity contribution is -0.121. The molecule has 7 heteroatoms. The van der Waals surface area contributed by atoms with Gasteiger partial charge < -0.3 is 10.1 Å². The molecule has 0 saturated heterocycles. The maximum atomic E-state index is 12.4. The van der Waals surface area contributed by atoms with Gasteiger partial charge in [-0.15, -0.1) is 0 Å². The fourth-order valence-electron chi connectivity index (χ4n) is 3.59. The van der Waals surface area contributed by atoms with Gasteiger partial charge in [0, 0.05) is 26.1 Å². The molecule has 2 N–H and O–H groups in total. The molecule has 6 nitrogen and oxygen atoms in total. The minimum absolute atomic E-state index is 0.0690. The molecule has 158 valence electrons. The third-order valence-corrected chi connectivity index (χ3v) is 6.68. The van der Waals surface area contributed by atoms with Crippen molar-refractivity contribution in [3.63, 3.8) is 0 Å². The van der Waals surface area contributed by atoms with E-state index in [1.54, 1.807) is 18.2 Å². The van der Waals surface area contributed by atoms with Gasteiger partial charge in [-0.25, -0.2) is 13.1 Å². The smallest absolute Gasteiger partial charge is 0.240 e. The summed E-state index contributed by atoms with van der Waals surface area (Å²) < 4.78 is 33.2. The summed E-state index contributed by atoms with van der Waals surface area (Å²) in [6.45, 7) is 1.27. The number of hydrogen-bond donors (Lipinski definition) is 2. The van der Waals surface area contributed by atoms with Crippen LogP contribution in [0.25, 0.3) is 10.8 Å². The number of rotatable bonds is 10. The second kappa shape index (κ2) is 10.7. The van der Waals surface area contributed by atoms with E-state index in [-0.39, 0.29) is 23.8 Å². The SMILES string of the molecule is O=C(CCNS(=O)(=O)c1ccc2ccccc2c1)NCCCOC1CCCCC1. The molecule has 0 aliphatic heterocycles. The molecule has 1 fully saturated rings. The molecule has 1 aliphatic carbocycles. The molecule has 0 unspecified atom stereocenters. The zero-order chi connectivity index (χ0) is 20.5. The Hall–Kier alpha value is -1.96. The number of nitrogens with one attached hydrogen (secondary N) is 2. The highest BCUT2D eigenvalue weighted by Gasteiger charge is 2.15. The predicted octanol–water partition coefficient (Wildman–Crippen LogP) is 3.36. The number of sulfonamides is 1. The van der Waals surface area contributed by atoms with Crippen molar-refractivity contribution < 1.29 is 17.9 Å². The Balaban J connectivity index is 1.34. The highest BCUT2D eigenvalue weighted by Crippen LogP contribution is 2.20. The number of ether oxygens (including phenoxy) is 1. The summed E-state index contributed by atoms with van der Waals surface area (Å²) in [5, 5.41) is 4.67. The molecule has 0 radical (unpaired) electrons. The Morgan fingerprint density at radius 2 is 1.76 bits per heavy atom. The summed E-state index contributed by atoms with van der Waals surface area (Å²) in [5.41, 5.74) is 0. The van der Waals surface area contributed by atoms with Gasteiger partial charge >= 0.3 is 0 Å². The van der Waals surface area contributed by atoms with Gasteiger partial charge in [0.15, 0.2) is 0 Å². The first-order chi connectivity index (χ1) is 14.0. The molecule has 29 heavy (non-hydrogen) atoms. The Bertz CT molecular complexity index is 908. The monoisotopic (exact) mass is 418 g/mol. The molecular formula is C22H30N2O4S. The second-order valence-corrected chi connectivity index (χ2v) is 9.26. The molecule has 2 aromatic carbocycles. The molecule has 2 aromatic rings. The van der Waals surface area contributed by atoms with Crippen LogP contribution in [0, 0.1) is 0 Å². The van der Waals surface area contributed by atoms with E-state index in [0.29, 0.717) is 19.3 Å². The molecule has 1 aliphatic rings. The minimum atomic E-state index is -3.64. The van der Waals surface area contributed by atoms with Crippen molar-refractivity contribution in [2.75, 3.05) is 19.7 Å². The van der Waals surface area contributed by atoms with Crippen LogP contribution >= 0.6 is 0 Å². The summed E-state index contributed by atoms with van der Waals surface area (Å²) in [7, 11) is -3.64. The van der Waals surface area contributed by atoms with E-state index in [1.807, 2.05) is 24.3 Å². The van der Waals surface area contributed by atoms with E-state index < -0.39 is 10.0 Å². The summed E-state index contributed by atoms with van der Waals surface area (Å²) in [5.74, 6) is -0.163. The van der Waals surface area contributed by atoms with Crippen LogP contribution in [0.4, 0.5) is 0 Å². The van der Waals surface area contributed by atoms with Crippen LogP contribution in [-0.4, -0.2) is 40.1 Å². The van der Waals surface area contributed by atoms with Gasteiger partial charge in [0.25, 0.3) is 0 Å². The standard InChI is InChI=1S/C22H30N2O4S/c25-22(23-14-6-16-28-20-9-2-1-3-10-20)13-15-24-29(26,27)21-12-11-18-7-4-5-8-19(18)17-21/h4-5,7-8,11-12,17,20,24H,1-3,6,9-10,13-16H2,(H,23,25). The van der Waals surface area contributed by atoms with Crippen LogP contribution < -0.4 is 10.0 Å². The summed E-state index contributed by atoms with van der Waals surface area (Å²) >= 11 is 0. The number of hydrogen-bond acceptors (Lipinski definition) is 4. The number of carbonyl (C=O) groups is 1. The van der Waals surface area contributed by atoms with Gasteiger partial charge in [0.1, 0.15) is 0 Å². The van der Waals surface area contributed by atoms with Crippen LogP contribution in [0.5, 0.6) is 0 Å². The van der Waals surface area contributed by atoms with E-state index in [0.717, 1.165) is 30.0 Å². The van der Waals surface area contributed by atoms with Crippen molar-refractivity contribution in [3.8, 4) is 0 Å². The fraction of sp³-hybridized carbons (Fsp3) is 0.500. The Morgan fingerprint density at radius 1 is 1.00 bits per heavy atom. The molecule has 0 atom stereocenters. The Morgan fingerprint density at radius 3 is 2.55 bits per heavy atom. The van der Waals surface area contributed by atoms with Gasteiger partial charge in [-0.2, -0.15) is 0 Å². The zero-order valence-corrected chi connectivity index (χ0v) is 17.5. The van der Waals surface area contributed by atoms with E-state index in [4.69, 9.17) is 4.74 Å². The highest BCUT2D eigenvalue weighted by molar-refractivity contribution is 7.89. The van der Waals surface area contributed by atoms with Crippen molar-refractivity contribution in [2.24, 2.45) is 0 Å². The highest BCUT2D eigenvalue weighted by atomic mass is 32.2. The Kier molecular flexibility index (Phi) is 8.03. The van der Waals surface area contributed by atoms with Crippen LogP contribution in [0.3, 0.4) is 0 Å². The normalized spacial score (nSPS) is 15.4. The van der Waals surface area contributed by atoms with E-state index >= 15 is 0 Å². The summed E-state index contributed by atoms with van der Waals surface area (Å²) in [4.78, 5) is 12.1. The second-order valence-electron chi connectivity index (χ2n) is 7.49. The average molecular weight is 419 g/mol. The van der Waals surface area contributed by atoms with Crippen molar-refractivity contribution >= 4 is 26.7 Å². The quantitative estimate of drug-likeness (QED) is 0.580. The lowest BCUT2D eigenvalue weighted by atomic mass is 9.98. The minimum Gasteiger partial charge on any atom is -0.378 e. The molecule has 0 heterocycles. The molecule has 1 amide bonds. The van der Waals surface area contributed by atoms with Gasteiger partial charge in [-0.1, -0.05) is 49.6 Å². The molecular weight excluding hydrogens is 388 g/mol. The first-order valence-corrected chi connectivity index (χ1v) is 11.9.